The Morgan fingerprint density at radius 2 is 2.08 bits per heavy atom. The summed E-state index contributed by atoms with van der Waals surface area (Å²) >= 11 is 7.35. The maximum absolute atomic E-state index is 12.5. The number of aromatic amines is 1. The Morgan fingerprint density at radius 1 is 1.42 bits per heavy atom. The first kappa shape index (κ1) is 17.2. The van der Waals surface area contributed by atoms with Crippen molar-refractivity contribution in [2.24, 2.45) is 0 Å². The summed E-state index contributed by atoms with van der Waals surface area (Å²) in [7, 11) is 3.11. The average molecular weight is 460 g/mol. The highest BCUT2D eigenvalue weighted by Gasteiger charge is 2.27. The number of halogens is 1. The van der Waals surface area contributed by atoms with Crippen molar-refractivity contribution in [3.8, 4) is 11.5 Å². The van der Waals surface area contributed by atoms with Crippen molar-refractivity contribution in [3.05, 3.63) is 31.9 Å². The van der Waals surface area contributed by atoms with E-state index in [9.17, 15) is 4.79 Å². The van der Waals surface area contributed by atoms with Gasteiger partial charge in [-0.2, -0.15) is 5.10 Å². The molecule has 1 amide bonds. The van der Waals surface area contributed by atoms with E-state index in [4.69, 9.17) is 21.7 Å². The third-order valence-corrected chi connectivity index (χ3v) is 4.99. The van der Waals surface area contributed by atoms with Crippen LogP contribution in [-0.4, -0.2) is 34.9 Å². The van der Waals surface area contributed by atoms with Gasteiger partial charge in [0.05, 0.1) is 26.3 Å². The lowest BCUT2D eigenvalue weighted by molar-refractivity contribution is 0.0948. The molecule has 2 aromatic rings. The van der Waals surface area contributed by atoms with Crippen molar-refractivity contribution in [2.75, 3.05) is 14.2 Å². The smallest absolute Gasteiger partial charge is 0.252 e. The van der Waals surface area contributed by atoms with Crippen LogP contribution in [0, 0.1) is 8.34 Å². The van der Waals surface area contributed by atoms with Crippen LogP contribution in [-0.2, 0) is 6.54 Å². The first-order chi connectivity index (χ1) is 11.5. The number of aromatic nitrogens is 3. The number of ether oxygens (including phenoxy) is 2. The van der Waals surface area contributed by atoms with Crippen LogP contribution in [0.3, 0.4) is 0 Å². The second-order valence-corrected chi connectivity index (χ2v) is 6.96. The van der Waals surface area contributed by atoms with Crippen molar-refractivity contribution in [3.63, 3.8) is 0 Å². The molecule has 1 aromatic heterocycles. The molecule has 0 spiro atoms. The first-order valence-electron chi connectivity index (χ1n) is 7.40. The topological polar surface area (TPSA) is 81.2 Å². The van der Waals surface area contributed by atoms with Crippen molar-refractivity contribution in [1.82, 2.24) is 20.1 Å². The van der Waals surface area contributed by atoms with Crippen LogP contribution < -0.4 is 14.8 Å². The minimum absolute atomic E-state index is 0.198. The quantitative estimate of drug-likeness (QED) is 0.512. The minimum atomic E-state index is -0.198. The standard InChI is InChI=1S/C15H17IN4O3S/c1-22-11-5-9(10(16)6-12(11)23-2)14(21)17-7-13-18-19-15(24)20(13)8-3-4-8/h5-6,8H,3-4,7H2,1-2H3,(H,17,21)(H,19,24). The number of benzene rings is 1. The summed E-state index contributed by atoms with van der Waals surface area (Å²) in [5, 5.41) is 9.90. The van der Waals surface area contributed by atoms with Crippen molar-refractivity contribution in [1.29, 1.82) is 0 Å². The van der Waals surface area contributed by atoms with Crippen LogP contribution in [0.4, 0.5) is 0 Å². The molecule has 1 fully saturated rings. The molecule has 0 atom stereocenters. The lowest BCUT2D eigenvalue weighted by atomic mass is 10.2. The molecule has 128 valence electrons. The second-order valence-electron chi connectivity index (χ2n) is 5.42. The number of hydrogen-bond donors (Lipinski definition) is 2. The Morgan fingerprint density at radius 3 is 2.71 bits per heavy atom. The largest absolute Gasteiger partial charge is 0.493 e. The van der Waals surface area contributed by atoms with Gasteiger partial charge in [-0.3, -0.25) is 14.5 Å². The van der Waals surface area contributed by atoms with Gasteiger partial charge in [-0.15, -0.1) is 0 Å². The third kappa shape index (κ3) is 3.41. The molecule has 1 heterocycles. The van der Waals surface area contributed by atoms with Gasteiger partial charge < -0.3 is 14.8 Å². The van der Waals surface area contributed by atoms with Gasteiger partial charge in [-0.1, -0.05) is 0 Å². The Balaban J connectivity index is 1.77. The maximum Gasteiger partial charge on any atom is 0.252 e. The SMILES string of the molecule is COc1cc(I)c(C(=O)NCc2n[nH]c(=S)n2C2CC2)cc1OC. The molecule has 1 saturated carbocycles. The number of hydrogen-bond acceptors (Lipinski definition) is 5. The fourth-order valence-corrected chi connectivity index (χ4v) is 3.44. The highest BCUT2D eigenvalue weighted by Crippen LogP contribution is 2.35. The van der Waals surface area contributed by atoms with E-state index >= 15 is 0 Å². The van der Waals surface area contributed by atoms with Crippen LogP contribution in [0.25, 0.3) is 0 Å². The lowest BCUT2D eigenvalue weighted by Gasteiger charge is -2.12. The number of H-pyrrole nitrogens is 1. The van der Waals surface area contributed by atoms with E-state index in [1.54, 1.807) is 26.4 Å². The van der Waals surface area contributed by atoms with Gasteiger partial charge in [-0.25, -0.2) is 0 Å². The zero-order valence-corrected chi connectivity index (χ0v) is 16.2. The molecule has 1 aliphatic carbocycles. The monoisotopic (exact) mass is 460 g/mol. The van der Waals surface area contributed by atoms with E-state index in [1.165, 1.54) is 0 Å². The molecular formula is C15H17IN4O3S. The van der Waals surface area contributed by atoms with Crippen molar-refractivity contribution >= 4 is 40.7 Å². The summed E-state index contributed by atoms with van der Waals surface area (Å²) in [5.74, 6) is 1.65. The molecule has 7 nitrogen and oxygen atoms in total. The lowest BCUT2D eigenvalue weighted by Crippen LogP contribution is -2.25. The van der Waals surface area contributed by atoms with Gasteiger partial charge in [0.25, 0.3) is 5.91 Å². The van der Waals surface area contributed by atoms with Crippen LogP contribution in [0.5, 0.6) is 11.5 Å². The molecule has 0 radical (unpaired) electrons. The number of amides is 1. The van der Waals surface area contributed by atoms with Gasteiger partial charge in [0, 0.05) is 9.61 Å². The second kappa shape index (κ2) is 7.09. The fraction of sp³-hybridized carbons (Fsp3) is 0.400. The van der Waals surface area contributed by atoms with Crippen LogP contribution in [0.1, 0.15) is 35.1 Å². The molecular weight excluding hydrogens is 443 g/mol. The van der Waals surface area contributed by atoms with Gasteiger partial charge in [0.15, 0.2) is 22.1 Å². The number of rotatable bonds is 6. The Bertz CT molecular complexity index is 829. The number of carbonyl (C=O) groups excluding carboxylic acids is 1. The van der Waals surface area contributed by atoms with Gasteiger partial charge >= 0.3 is 0 Å². The Labute approximate surface area is 157 Å². The number of nitrogens with one attached hydrogen (secondary N) is 2. The predicted molar refractivity (Wildman–Crippen MR) is 99.1 cm³/mol. The van der Waals surface area contributed by atoms with Crippen molar-refractivity contribution < 1.29 is 14.3 Å². The Kier molecular flexibility index (Phi) is 5.09. The normalized spacial score (nSPS) is 13.6. The number of carbonyl (C=O) groups is 1. The minimum Gasteiger partial charge on any atom is -0.493 e. The Hall–Kier alpha value is -1.62. The molecule has 0 saturated heterocycles. The summed E-state index contributed by atoms with van der Waals surface area (Å²) in [4.78, 5) is 12.5. The van der Waals surface area contributed by atoms with Crippen molar-refractivity contribution in [2.45, 2.75) is 25.4 Å². The van der Waals surface area contributed by atoms with Crippen LogP contribution >= 0.6 is 34.8 Å². The van der Waals surface area contributed by atoms with Gasteiger partial charge in [0.1, 0.15) is 0 Å². The number of nitrogens with zero attached hydrogens (tertiary/aromatic N) is 2. The summed E-state index contributed by atoms with van der Waals surface area (Å²) in [6.45, 7) is 0.312. The van der Waals surface area contributed by atoms with E-state index in [0.29, 0.717) is 34.4 Å². The third-order valence-electron chi connectivity index (χ3n) is 3.81. The van der Waals surface area contributed by atoms with Gasteiger partial charge in [0.2, 0.25) is 0 Å². The van der Waals surface area contributed by atoms with Crippen LogP contribution in [0.15, 0.2) is 12.1 Å². The zero-order valence-electron chi connectivity index (χ0n) is 13.3. The van der Waals surface area contributed by atoms with E-state index in [0.717, 1.165) is 22.2 Å². The summed E-state index contributed by atoms with van der Waals surface area (Å²) in [5.41, 5.74) is 0.528. The summed E-state index contributed by atoms with van der Waals surface area (Å²) in [6, 6.07) is 3.85. The molecule has 9 heteroatoms. The molecule has 3 rings (SSSR count). The fourth-order valence-electron chi connectivity index (χ4n) is 2.45. The highest BCUT2D eigenvalue weighted by atomic mass is 127. The maximum atomic E-state index is 12.5. The highest BCUT2D eigenvalue weighted by molar-refractivity contribution is 14.1. The summed E-state index contributed by atoms with van der Waals surface area (Å²) in [6.07, 6.45) is 2.20. The molecule has 24 heavy (non-hydrogen) atoms. The number of methoxy groups -OCH3 is 2. The zero-order chi connectivity index (χ0) is 17.3. The molecule has 2 N–H and O–H groups in total. The average Bonchev–Trinajstić information content (AvgIpc) is 3.35. The van der Waals surface area contributed by atoms with Crippen LogP contribution in [0.2, 0.25) is 0 Å². The molecule has 0 aliphatic heterocycles. The van der Waals surface area contributed by atoms with E-state index < -0.39 is 0 Å². The summed E-state index contributed by atoms with van der Waals surface area (Å²) < 4.78 is 13.9. The van der Waals surface area contributed by atoms with E-state index in [2.05, 4.69) is 38.1 Å². The van der Waals surface area contributed by atoms with Gasteiger partial charge in [-0.05, 0) is 59.8 Å². The van der Waals surface area contributed by atoms with E-state index in [-0.39, 0.29) is 5.91 Å². The first-order valence-corrected chi connectivity index (χ1v) is 8.89. The molecule has 1 aromatic carbocycles. The molecule has 0 unspecified atom stereocenters. The molecule has 0 bridgehead atoms. The molecule has 1 aliphatic rings. The predicted octanol–water partition coefficient (Wildman–Crippen LogP) is 2.83. The van der Waals surface area contributed by atoms with E-state index in [1.807, 2.05) is 4.57 Å².